The predicted molar refractivity (Wildman–Crippen MR) is 76.2 cm³/mol. The quantitative estimate of drug-likeness (QED) is 0.780. The van der Waals surface area contributed by atoms with Gasteiger partial charge in [0.25, 0.3) is 10.0 Å². The average Bonchev–Trinajstić information content (AvgIpc) is 2.96. The Labute approximate surface area is 118 Å². The van der Waals surface area contributed by atoms with Gasteiger partial charge in [-0.05, 0) is 30.3 Å². The van der Waals surface area contributed by atoms with Crippen LogP contribution >= 0.6 is 22.9 Å². The summed E-state index contributed by atoms with van der Waals surface area (Å²) in [6.45, 7) is 0. The zero-order valence-electron chi connectivity index (χ0n) is 9.42. The number of benzene rings is 1. The third kappa shape index (κ3) is 2.44. The smallest absolute Gasteiger partial charge is 0.271 e. The van der Waals surface area contributed by atoms with Crippen LogP contribution in [-0.2, 0) is 10.0 Å². The van der Waals surface area contributed by atoms with Crippen molar-refractivity contribution >= 4 is 49.6 Å². The van der Waals surface area contributed by atoms with Crippen LogP contribution < -0.4 is 4.72 Å². The lowest BCUT2D eigenvalue weighted by Crippen LogP contribution is -2.11. The molecule has 0 bridgehead atoms. The number of anilines is 1. The summed E-state index contributed by atoms with van der Waals surface area (Å²) in [6.07, 6.45) is 1.63. The van der Waals surface area contributed by atoms with E-state index in [-0.39, 0.29) is 4.21 Å². The maximum absolute atomic E-state index is 12.1. The van der Waals surface area contributed by atoms with Crippen LogP contribution in [0.25, 0.3) is 10.9 Å². The maximum atomic E-state index is 12.1. The first-order valence-corrected chi connectivity index (χ1v) is 7.94. The van der Waals surface area contributed by atoms with E-state index >= 15 is 0 Å². The molecule has 1 aromatic carbocycles. The largest absolute Gasteiger partial charge is 0.279 e. The van der Waals surface area contributed by atoms with Crippen molar-refractivity contribution in [2.75, 3.05) is 4.72 Å². The molecule has 0 fully saturated rings. The third-order valence-corrected chi connectivity index (χ3v) is 5.61. The lowest BCUT2D eigenvalue weighted by Gasteiger charge is -2.05. The van der Waals surface area contributed by atoms with Gasteiger partial charge < -0.3 is 0 Å². The van der Waals surface area contributed by atoms with Gasteiger partial charge in [-0.25, -0.2) is 8.42 Å². The second-order valence-electron chi connectivity index (χ2n) is 3.84. The van der Waals surface area contributed by atoms with Crippen LogP contribution in [0.3, 0.4) is 0 Å². The molecule has 3 rings (SSSR count). The number of hydrogen-bond donors (Lipinski definition) is 2. The van der Waals surface area contributed by atoms with Crippen LogP contribution in [-0.4, -0.2) is 18.6 Å². The summed E-state index contributed by atoms with van der Waals surface area (Å²) in [5, 5.41) is 7.52. The molecule has 0 aliphatic carbocycles. The molecular formula is C11H8ClN3O2S2. The number of aromatic nitrogens is 2. The number of halogens is 1. The second kappa shape index (κ2) is 4.52. The van der Waals surface area contributed by atoms with E-state index in [0.29, 0.717) is 10.0 Å². The number of rotatable bonds is 3. The zero-order chi connectivity index (χ0) is 13.5. The Morgan fingerprint density at radius 1 is 1.26 bits per heavy atom. The average molecular weight is 314 g/mol. The summed E-state index contributed by atoms with van der Waals surface area (Å²) >= 11 is 6.76. The number of hydrogen-bond acceptors (Lipinski definition) is 4. The lowest BCUT2D eigenvalue weighted by atomic mass is 10.2. The van der Waals surface area contributed by atoms with E-state index in [1.165, 1.54) is 6.07 Å². The Morgan fingerprint density at radius 2 is 2.11 bits per heavy atom. The summed E-state index contributed by atoms with van der Waals surface area (Å²) in [5.41, 5.74) is 1.33. The standard InChI is InChI=1S/C11H8ClN3O2S2/c12-10-3-4-11(18-10)19(16,17)15-8-1-2-9-7(5-8)6-13-14-9/h1-6,15H,(H,13,14). The molecule has 0 unspecified atom stereocenters. The van der Waals surface area contributed by atoms with E-state index in [1.54, 1.807) is 30.5 Å². The number of sulfonamides is 1. The first-order chi connectivity index (χ1) is 9.04. The first-order valence-electron chi connectivity index (χ1n) is 5.26. The summed E-state index contributed by atoms with van der Waals surface area (Å²) in [5.74, 6) is 0. The van der Waals surface area contributed by atoms with Gasteiger partial charge >= 0.3 is 0 Å². The molecule has 0 amide bonds. The van der Waals surface area contributed by atoms with Crippen LogP contribution in [0.15, 0.2) is 40.7 Å². The van der Waals surface area contributed by atoms with Gasteiger partial charge in [0, 0.05) is 11.1 Å². The highest BCUT2D eigenvalue weighted by Crippen LogP contribution is 2.27. The van der Waals surface area contributed by atoms with Gasteiger partial charge in [-0.1, -0.05) is 11.6 Å². The molecule has 0 aliphatic heterocycles. The number of nitrogens with one attached hydrogen (secondary N) is 2. The monoisotopic (exact) mass is 313 g/mol. The molecule has 2 heterocycles. The number of thiophene rings is 1. The van der Waals surface area contributed by atoms with Gasteiger partial charge in [0.05, 0.1) is 16.0 Å². The fraction of sp³-hybridized carbons (Fsp3) is 0. The van der Waals surface area contributed by atoms with E-state index in [2.05, 4.69) is 14.9 Å². The lowest BCUT2D eigenvalue weighted by molar-refractivity contribution is 0.603. The summed E-state index contributed by atoms with van der Waals surface area (Å²) in [6, 6.07) is 8.19. The third-order valence-electron chi connectivity index (χ3n) is 2.51. The molecule has 0 saturated heterocycles. The van der Waals surface area contributed by atoms with Crippen molar-refractivity contribution in [3.8, 4) is 0 Å². The Balaban J connectivity index is 1.95. The van der Waals surface area contributed by atoms with Crippen molar-refractivity contribution in [2.45, 2.75) is 4.21 Å². The first kappa shape index (κ1) is 12.5. The zero-order valence-corrected chi connectivity index (χ0v) is 11.8. The summed E-state index contributed by atoms with van der Waals surface area (Å²) in [4.78, 5) is 0. The van der Waals surface area contributed by atoms with Crippen molar-refractivity contribution in [3.63, 3.8) is 0 Å². The minimum absolute atomic E-state index is 0.185. The number of nitrogens with zero attached hydrogens (tertiary/aromatic N) is 1. The highest BCUT2D eigenvalue weighted by Gasteiger charge is 2.16. The van der Waals surface area contributed by atoms with Crippen LogP contribution in [0.5, 0.6) is 0 Å². The molecule has 0 saturated carbocycles. The summed E-state index contributed by atoms with van der Waals surface area (Å²) < 4.78 is 27.3. The second-order valence-corrected chi connectivity index (χ2v) is 7.46. The predicted octanol–water partition coefficient (Wildman–Crippen LogP) is 3.08. The van der Waals surface area contributed by atoms with Crippen LogP contribution in [0, 0.1) is 0 Å². The van der Waals surface area contributed by atoms with E-state index in [9.17, 15) is 8.42 Å². The molecule has 19 heavy (non-hydrogen) atoms. The molecule has 0 aliphatic rings. The SMILES string of the molecule is O=S(=O)(Nc1ccc2[nH]ncc2c1)c1ccc(Cl)s1. The molecule has 3 aromatic rings. The molecule has 0 atom stereocenters. The topological polar surface area (TPSA) is 74.8 Å². The highest BCUT2D eigenvalue weighted by atomic mass is 35.5. The van der Waals surface area contributed by atoms with Crippen LogP contribution in [0.1, 0.15) is 0 Å². The molecule has 0 spiro atoms. The Kier molecular flexibility index (Phi) is 2.96. The van der Waals surface area contributed by atoms with Crippen molar-refractivity contribution in [3.05, 3.63) is 40.9 Å². The normalized spacial score (nSPS) is 11.8. The fourth-order valence-corrected chi connectivity index (χ4v) is 4.19. The minimum Gasteiger partial charge on any atom is -0.279 e. The van der Waals surface area contributed by atoms with Crippen molar-refractivity contribution in [2.24, 2.45) is 0 Å². The Hall–Kier alpha value is -1.57. The van der Waals surface area contributed by atoms with Gasteiger partial charge in [-0.15, -0.1) is 11.3 Å². The molecular weight excluding hydrogens is 306 g/mol. The number of fused-ring (bicyclic) bond motifs is 1. The molecule has 98 valence electrons. The molecule has 2 aromatic heterocycles. The molecule has 0 radical (unpaired) electrons. The molecule has 5 nitrogen and oxygen atoms in total. The van der Waals surface area contributed by atoms with Gasteiger partial charge in [0.15, 0.2) is 0 Å². The maximum Gasteiger partial charge on any atom is 0.271 e. The minimum atomic E-state index is -3.59. The van der Waals surface area contributed by atoms with E-state index in [1.807, 2.05) is 0 Å². The van der Waals surface area contributed by atoms with Gasteiger partial charge in [0.2, 0.25) is 0 Å². The Morgan fingerprint density at radius 3 is 2.84 bits per heavy atom. The number of aromatic amines is 1. The van der Waals surface area contributed by atoms with Gasteiger partial charge in [-0.2, -0.15) is 5.10 Å². The van der Waals surface area contributed by atoms with E-state index < -0.39 is 10.0 Å². The van der Waals surface area contributed by atoms with Gasteiger partial charge in [-0.3, -0.25) is 9.82 Å². The van der Waals surface area contributed by atoms with Crippen molar-refractivity contribution in [1.82, 2.24) is 10.2 Å². The van der Waals surface area contributed by atoms with Gasteiger partial charge in [0.1, 0.15) is 4.21 Å². The summed E-state index contributed by atoms with van der Waals surface area (Å²) in [7, 11) is -3.59. The Bertz CT molecular complexity index is 838. The molecule has 8 heteroatoms. The fourth-order valence-electron chi connectivity index (χ4n) is 1.65. The van der Waals surface area contributed by atoms with Crippen LogP contribution in [0.4, 0.5) is 5.69 Å². The van der Waals surface area contributed by atoms with Crippen molar-refractivity contribution in [1.29, 1.82) is 0 Å². The van der Waals surface area contributed by atoms with Crippen molar-refractivity contribution < 1.29 is 8.42 Å². The van der Waals surface area contributed by atoms with E-state index in [4.69, 9.17) is 11.6 Å². The van der Waals surface area contributed by atoms with Crippen LogP contribution in [0.2, 0.25) is 4.34 Å². The molecule has 2 N–H and O–H groups in total. The highest BCUT2D eigenvalue weighted by molar-refractivity contribution is 7.94. The number of H-pyrrole nitrogens is 1. The van der Waals surface area contributed by atoms with E-state index in [0.717, 1.165) is 22.2 Å².